The Hall–Kier alpha value is -2.64. The number of halogens is 3. The number of nitrogens with two attached hydrogens (primary N) is 1. The molecule has 138 valence electrons. The Balaban J connectivity index is 1.96. The summed E-state index contributed by atoms with van der Waals surface area (Å²) in [6.07, 6.45) is -3.83. The number of nitrogen functional groups attached to an aromatic ring is 1. The highest BCUT2D eigenvalue weighted by Crippen LogP contribution is 2.44. The molecule has 0 saturated carbocycles. The van der Waals surface area contributed by atoms with E-state index in [0.29, 0.717) is 11.5 Å². The molecule has 0 aliphatic heterocycles. The van der Waals surface area contributed by atoms with Crippen molar-refractivity contribution in [1.82, 2.24) is 9.97 Å². The molecule has 0 unspecified atom stereocenters. The number of fused-ring (bicyclic) bond motifs is 3. The predicted octanol–water partition coefficient (Wildman–Crippen LogP) is 4.08. The van der Waals surface area contributed by atoms with Gasteiger partial charge >= 0.3 is 6.18 Å². The fourth-order valence-corrected chi connectivity index (χ4v) is 3.18. The zero-order valence-corrected chi connectivity index (χ0v) is 14.5. The molecule has 0 saturated heterocycles. The van der Waals surface area contributed by atoms with Crippen molar-refractivity contribution < 1.29 is 18.0 Å². The zero-order chi connectivity index (χ0) is 18.9. The molecule has 0 fully saturated rings. The molecule has 0 amide bonds. The summed E-state index contributed by atoms with van der Waals surface area (Å²) < 4.78 is 36.7. The van der Waals surface area contributed by atoms with Crippen LogP contribution in [0.4, 0.5) is 19.0 Å². The Morgan fingerprint density at radius 2 is 1.85 bits per heavy atom. The highest BCUT2D eigenvalue weighted by molar-refractivity contribution is 6.15. The van der Waals surface area contributed by atoms with E-state index in [-0.39, 0.29) is 13.0 Å². The molecule has 0 spiro atoms. The van der Waals surface area contributed by atoms with Crippen molar-refractivity contribution >= 4 is 11.5 Å². The smallest absolute Gasteiger partial charge is 0.389 e. The number of alkyl halides is 3. The van der Waals surface area contributed by atoms with Gasteiger partial charge in [0.05, 0.1) is 11.4 Å². The van der Waals surface area contributed by atoms with Crippen LogP contribution in [0.15, 0.2) is 35.7 Å². The van der Waals surface area contributed by atoms with Crippen molar-refractivity contribution in [3.05, 3.63) is 41.7 Å². The summed E-state index contributed by atoms with van der Waals surface area (Å²) in [6, 6.07) is 7.52. The van der Waals surface area contributed by atoms with Gasteiger partial charge in [-0.3, -0.25) is 0 Å². The lowest BCUT2D eigenvalue weighted by Gasteiger charge is -2.34. The minimum Gasteiger partial charge on any atom is -0.396 e. The maximum atomic E-state index is 12.2. The average molecular weight is 364 g/mol. The van der Waals surface area contributed by atoms with E-state index in [9.17, 15) is 13.2 Å². The minimum atomic E-state index is -4.20. The van der Waals surface area contributed by atoms with Crippen LogP contribution in [-0.4, -0.2) is 28.5 Å². The minimum absolute atomic E-state index is 0.116. The summed E-state index contributed by atoms with van der Waals surface area (Å²) in [5.41, 5.74) is 9.15. The summed E-state index contributed by atoms with van der Waals surface area (Å²) in [6.45, 7) is 3.72. The van der Waals surface area contributed by atoms with Gasteiger partial charge in [-0.2, -0.15) is 13.2 Å². The average Bonchev–Trinajstić information content (AvgIpc) is 2.56. The Morgan fingerprint density at radius 3 is 2.54 bits per heavy atom. The first kappa shape index (κ1) is 18.2. The van der Waals surface area contributed by atoms with Crippen molar-refractivity contribution in [2.24, 2.45) is 5.16 Å². The number of aromatic nitrogens is 2. The molecule has 0 bridgehead atoms. The van der Waals surface area contributed by atoms with Gasteiger partial charge in [-0.25, -0.2) is 9.97 Å². The molecule has 26 heavy (non-hydrogen) atoms. The third kappa shape index (κ3) is 3.36. The van der Waals surface area contributed by atoms with E-state index in [1.807, 2.05) is 38.1 Å². The van der Waals surface area contributed by atoms with Gasteiger partial charge in [0.1, 0.15) is 18.8 Å². The van der Waals surface area contributed by atoms with Crippen molar-refractivity contribution in [3.8, 4) is 11.3 Å². The fourth-order valence-electron chi connectivity index (χ4n) is 3.18. The maximum absolute atomic E-state index is 12.2. The third-order valence-electron chi connectivity index (χ3n) is 4.38. The van der Waals surface area contributed by atoms with Gasteiger partial charge < -0.3 is 10.6 Å². The van der Waals surface area contributed by atoms with Gasteiger partial charge in [-0.15, -0.1) is 0 Å². The first-order valence-electron chi connectivity index (χ1n) is 8.19. The molecule has 0 radical (unpaired) electrons. The lowest BCUT2D eigenvalue weighted by Crippen LogP contribution is -2.36. The molecule has 0 atom stereocenters. The van der Waals surface area contributed by atoms with E-state index in [1.165, 1.54) is 6.33 Å². The molecule has 5 nitrogen and oxygen atoms in total. The topological polar surface area (TPSA) is 73.4 Å². The van der Waals surface area contributed by atoms with Crippen molar-refractivity contribution in [2.75, 3.05) is 12.3 Å². The maximum Gasteiger partial charge on any atom is 0.389 e. The predicted molar refractivity (Wildman–Crippen MR) is 92.7 cm³/mol. The molecule has 3 rings (SSSR count). The van der Waals surface area contributed by atoms with Gasteiger partial charge in [-0.05, 0) is 20.3 Å². The van der Waals surface area contributed by atoms with E-state index in [0.717, 1.165) is 22.4 Å². The van der Waals surface area contributed by atoms with Gasteiger partial charge in [0.25, 0.3) is 0 Å². The van der Waals surface area contributed by atoms with Crippen LogP contribution in [0, 0.1) is 0 Å². The van der Waals surface area contributed by atoms with Crippen LogP contribution in [0.25, 0.3) is 11.3 Å². The number of benzene rings is 1. The first-order valence-corrected chi connectivity index (χ1v) is 8.19. The lowest BCUT2D eigenvalue weighted by molar-refractivity contribution is -0.137. The molecule has 1 heterocycles. The normalized spacial score (nSPS) is 16.9. The summed E-state index contributed by atoms with van der Waals surface area (Å²) in [5, 5.41) is 4.18. The molecule has 1 aromatic heterocycles. The van der Waals surface area contributed by atoms with Gasteiger partial charge in [0.15, 0.2) is 0 Å². The van der Waals surface area contributed by atoms with Crippen LogP contribution in [0.3, 0.4) is 0 Å². The highest BCUT2D eigenvalue weighted by Gasteiger charge is 2.40. The number of hydrogen-bond donors (Lipinski definition) is 1. The Labute approximate surface area is 149 Å². The summed E-state index contributed by atoms with van der Waals surface area (Å²) in [7, 11) is 0. The second-order valence-electron chi connectivity index (χ2n) is 6.64. The summed E-state index contributed by atoms with van der Waals surface area (Å²) in [5.74, 6) is 0.347. The molecule has 1 aliphatic rings. The summed E-state index contributed by atoms with van der Waals surface area (Å²) in [4.78, 5) is 13.7. The quantitative estimate of drug-likeness (QED) is 0.655. The SMILES string of the molecule is CC1(C)C(=NOCCCC(F)(F)F)c2ccccc2-c2ncnc(N)c21. The first-order chi connectivity index (χ1) is 12.2. The molecule has 2 aromatic rings. The van der Waals surface area contributed by atoms with Gasteiger partial charge in [0.2, 0.25) is 0 Å². The second-order valence-corrected chi connectivity index (χ2v) is 6.64. The molecule has 1 aliphatic carbocycles. The Kier molecular flexibility index (Phi) is 4.60. The van der Waals surface area contributed by atoms with Crippen LogP contribution in [0.1, 0.15) is 37.8 Å². The number of nitrogens with zero attached hydrogens (tertiary/aromatic N) is 3. The third-order valence-corrected chi connectivity index (χ3v) is 4.38. The van der Waals surface area contributed by atoms with Crippen molar-refractivity contribution in [2.45, 2.75) is 38.3 Å². The standard InChI is InChI=1S/C18H19F3N4O/c1-17(2)13-14(23-10-24-16(13)22)11-6-3-4-7-12(11)15(17)25-26-9-5-8-18(19,20)21/h3-4,6-7,10H,5,8-9H2,1-2H3,(H2,22,23,24). The molecule has 8 heteroatoms. The van der Waals surface area contributed by atoms with Crippen LogP contribution in [0.2, 0.25) is 0 Å². The number of hydrogen-bond acceptors (Lipinski definition) is 5. The molecular weight excluding hydrogens is 345 g/mol. The van der Waals surface area contributed by atoms with E-state index in [2.05, 4.69) is 15.1 Å². The monoisotopic (exact) mass is 364 g/mol. The second kappa shape index (κ2) is 6.59. The van der Waals surface area contributed by atoms with Gasteiger partial charge in [-0.1, -0.05) is 29.4 Å². The molecule has 1 aromatic carbocycles. The lowest BCUT2D eigenvalue weighted by atomic mass is 9.70. The van der Waals surface area contributed by atoms with Crippen LogP contribution in [0.5, 0.6) is 0 Å². The number of rotatable bonds is 4. The van der Waals surface area contributed by atoms with Crippen molar-refractivity contribution in [1.29, 1.82) is 0 Å². The van der Waals surface area contributed by atoms with E-state index >= 15 is 0 Å². The van der Waals surface area contributed by atoms with E-state index in [4.69, 9.17) is 10.6 Å². The Morgan fingerprint density at radius 1 is 1.15 bits per heavy atom. The van der Waals surface area contributed by atoms with Crippen LogP contribution >= 0.6 is 0 Å². The van der Waals surface area contributed by atoms with E-state index < -0.39 is 18.0 Å². The Bertz CT molecular complexity index is 847. The summed E-state index contributed by atoms with van der Waals surface area (Å²) >= 11 is 0. The highest BCUT2D eigenvalue weighted by atomic mass is 19.4. The van der Waals surface area contributed by atoms with Gasteiger partial charge in [0, 0.05) is 28.5 Å². The number of anilines is 1. The fraction of sp³-hybridized carbons (Fsp3) is 0.389. The zero-order valence-electron chi connectivity index (χ0n) is 14.5. The molecule has 2 N–H and O–H groups in total. The van der Waals surface area contributed by atoms with Crippen LogP contribution in [-0.2, 0) is 10.3 Å². The van der Waals surface area contributed by atoms with E-state index in [1.54, 1.807) is 0 Å². The largest absolute Gasteiger partial charge is 0.396 e. The van der Waals surface area contributed by atoms with Crippen molar-refractivity contribution in [3.63, 3.8) is 0 Å². The molecular formula is C18H19F3N4O. The number of oxime groups is 1. The van der Waals surface area contributed by atoms with Crippen LogP contribution < -0.4 is 5.73 Å².